The van der Waals surface area contributed by atoms with E-state index in [1.54, 1.807) is 34.6 Å². The lowest BCUT2D eigenvalue weighted by atomic mass is 9.89. The number of thiazole rings is 1. The summed E-state index contributed by atoms with van der Waals surface area (Å²) < 4.78 is 1.79. The van der Waals surface area contributed by atoms with Crippen LogP contribution in [0.15, 0.2) is 24.1 Å². The summed E-state index contributed by atoms with van der Waals surface area (Å²) in [7, 11) is 1.86. The van der Waals surface area contributed by atoms with E-state index in [1.165, 1.54) is 32.1 Å². The summed E-state index contributed by atoms with van der Waals surface area (Å²) in [6, 6.07) is 0. The van der Waals surface area contributed by atoms with E-state index in [2.05, 4.69) is 9.97 Å². The van der Waals surface area contributed by atoms with Crippen LogP contribution in [0.1, 0.15) is 47.6 Å². The minimum atomic E-state index is 0.0563. The van der Waals surface area contributed by atoms with E-state index in [0.717, 1.165) is 11.6 Å². The van der Waals surface area contributed by atoms with Crippen LogP contribution in [0.4, 0.5) is 0 Å². The van der Waals surface area contributed by atoms with Crippen molar-refractivity contribution >= 4 is 17.2 Å². The van der Waals surface area contributed by atoms with Crippen molar-refractivity contribution in [2.24, 2.45) is 13.0 Å². The van der Waals surface area contributed by atoms with E-state index in [9.17, 15) is 4.79 Å². The van der Waals surface area contributed by atoms with Crippen LogP contribution < -0.4 is 0 Å². The van der Waals surface area contributed by atoms with Gasteiger partial charge < -0.3 is 9.47 Å². The van der Waals surface area contributed by atoms with Crippen molar-refractivity contribution in [3.63, 3.8) is 0 Å². The summed E-state index contributed by atoms with van der Waals surface area (Å²) in [6.45, 7) is 1.42. The zero-order valence-electron chi connectivity index (χ0n) is 12.9. The zero-order valence-corrected chi connectivity index (χ0v) is 13.8. The van der Waals surface area contributed by atoms with Gasteiger partial charge in [0.1, 0.15) is 10.7 Å². The molecule has 0 saturated heterocycles. The van der Waals surface area contributed by atoms with Gasteiger partial charge in [0.25, 0.3) is 5.91 Å². The van der Waals surface area contributed by atoms with Crippen LogP contribution in [0.5, 0.6) is 0 Å². The molecule has 0 aromatic carbocycles. The van der Waals surface area contributed by atoms with Crippen LogP contribution in [-0.2, 0) is 13.6 Å². The largest absolute Gasteiger partial charge is 0.330 e. The second-order valence-corrected chi connectivity index (χ2v) is 6.98. The Balaban J connectivity index is 1.75. The molecule has 3 rings (SSSR count). The summed E-state index contributed by atoms with van der Waals surface area (Å²) in [5, 5.41) is 2.95. The molecule has 22 heavy (non-hydrogen) atoms. The van der Waals surface area contributed by atoms with E-state index < -0.39 is 0 Å². The zero-order chi connectivity index (χ0) is 15.4. The molecule has 0 atom stereocenters. The number of aryl methyl sites for hydroxylation is 1. The summed E-state index contributed by atoms with van der Waals surface area (Å²) in [5.41, 5.74) is 0.646. The Labute approximate surface area is 135 Å². The number of hydrogen-bond acceptors (Lipinski definition) is 4. The molecule has 1 aliphatic rings. The topological polar surface area (TPSA) is 51.0 Å². The van der Waals surface area contributed by atoms with E-state index >= 15 is 0 Å². The third kappa shape index (κ3) is 3.55. The standard InChI is InChI=1S/C16H22N4OS/c1-19-12-17-9-14(19)16(21)20(11-15-18-7-8-22-15)10-13-5-3-2-4-6-13/h7-9,12-13H,2-6,10-11H2,1H3. The third-order valence-electron chi connectivity index (χ3n) is 4.34. The molecule has 0 aliphatic heterocycles. The minimum absolute atomic E-state index is 0.0563. The van der Waals surface area contributed by atoms with Gasteiger partial charge >= 0.3 is 0 Å². The van der Waals surface area contributed by atoms with Gasteiger partial charge in [-0.25, -0.2) is 9.97 Å². The van der Waals surface area contributed by atoms with Gasteiger partial charge in [0.2, 0.25) is 0 Å². The quantitative estimate of drug-likeness (QED) is 0.851. The number of amides is 1. The summed E-state index contributed by atoms with van der Waals surface area (Å²) in [6.07, 6.45) is 11.5. The van der Waals surface area contributed by atoms with Gasteiger partial charge in [-0.05, 0) is 18.8 Å². The summed E-state index contributed by atoms with van der Waals surface area (Å²) in [4.78, 5) is 23.2. The average molecular weight is 318 g/mol. The normalized spacial score (nSPS) is 15.9. The second kappa shape index (κ2) is 7.05. The van der Waals surface area contributed by atoms with Crippen molar-refractivity contribution in [2.45, 2.75) is 38.6 Å². The first-order valence-corrected chi connectivity index (χ1v) is 8.76. The Morgan fingerprint density at radius 1 is 1.41 bits per heavy atom. The smallest absolute Gasteiger partial charge is 0.272 e. The maximum absolute atomic E-state index is 12.9. The fraction of sp³-hybridized carbons (Fsp3) is 0.562. The number of imidazole rings is 1. The number of aromatic nitrogens is 3. The predicted octanol–water partition coefficient (Wildman–Crippen LogP) is 3.10. The lowest BCUT2D eigenvalue weighted by molar-refractivity contribution is 0.0689. The monoisotopic (exact) mass is 318 g/mol. The number of hydrogen-bond donors (Lipinski definition) is 0. The molecule has 1 saturated carbocycles. The first-order valence-electron chi connectivity index (χ1n) is 7.88. The first-order chi connectivity index (χ1) is 10.7. The molecule has 1 amide bonds. The molecule has 0 bridgehead atoms. The molecule has 5 nitrogen and oxygen atoms in total. The van der Waals surface area contributed by atoms with Crippen LogP contribution in [0.25, 0.3) is 0 Å². The SMILES string of the molecule is Cn1cncc1C(=O)N(Cc1nccs1)CC1CCCCC1. The molecule has 0 N–H and O–H groups in total. The first kappa shape index (κ1) is 15.2. The summed E-state index contributed by atoms with van der Waals surface area (Å²) >= 11 is 1.60. The van der Waals surface area contributed by atoms with Crippen LogP contribution in [0.2, 0.25) is 0 Å². The Morgan fingerprint density at radius 3 is 2.86 bits per heavy atom. The molecule has 2 heterocycles. The molecule has 1 aliphatic carbocycles. The van der Waals surface area contributed by atoms with Crippen LogP contribution in [-0.4, -0.2) is 31.9 Å². The van der Waals surface area contributed by atoms with E-state index in [-0.39, 0.29) is 5.91 Å². The molecule has 2 aromatic rings. The van der Waals surface area contributed by atoms with E-state index in [0.29, 0.717) is 18.2 Å². The van der Waals surface area contributed by atoms with Gasteiger partial charge in [-0.1, -0.05) is 19.3 Å². The predicted molar refractivity (Wildman–Crippen MR) is 86.6 cm³/mol. The van der Waals surface area contributed by atoms with Crippen LogP contribution in [0, 0.1) is 5.92 Å². The Kier molecular flexibility index (Phi) is 4.87. The van der Waals surface area contributed by atoms with Crippen molar-refractivity contribution in [2.75, 3.05) is 6.54 Å². The highest BCUT2D eigenvalue weighted by Gasteiger charge is 2.24. The van der Waals surface area contributed by atoms with Crippen molar-refractivity contribution in [3.8, 4) is 0 Å². The lowest BCUT2D eigenvalue weighted by Gasteiger charge is -2.29. The van der Waals surface area contributed by atoms with E-state index in [4.69, 9.17) is 0 Å². The third-order valence-corrected chi connectivity index (χ3v) is 5.10. The van der Waals surface area contributed by atoms with Crippen molar-refractivity contribution in [1.82, 2.24) is 19.4 Å². The molecule has 0 radical (unpaired) electrons. The second-order valence-electron chi connectivity index (χ2n) is 6.01. The Morgan fingerprint density at radius 2 is 2.23 bits per heavy atom. The van der Waals surface area contributed by atoms with Gasteiger partial charge in [-0.15, -0.1) is 11.3 Å². The highest BCUT2D eigenvalue weighted by atomic mass is 32.1. The highest BCUT2D eigenvalue weighted by molar-refractivity contribution is 7.09. The Hall–Kier alpha value is -1.69. The van der Waals surface area contributed by atoms with Crippen molar-refractivity contribution in [3.05, 3.63) is 34.8 Å². The average Bonchev–Trinajstić information content (AvgIpc) is 3.18. The molecule has 1 fully saturated rings. The van der Waals surface area contributed by atoms with Crippen LogP contribution >= 0.6 is 11.3 Å². The maximum atomic E-state index is 12.9. The van der Waals surface area contributed by atoms with Gasteiger partial charge in [0.15, 0.2) is 0 Å². The van der Waals surface area contributed by atoms with Crippen molar-refractivity contribution < 1.29 is 4.79 Å². The maximum Gasteiger partial charge on any atom is 0.272 e. The molecular formula is C16H22N4OS. The highest BCUT2D eigenvalue weighted by Crippen LogP contribution is 2.25. The van der Waals surface area contributed by atoms with Crippen molar-refractivity contribution in [1.29, 1.82) is 0 Å². The molecule has 2 aromatic heterocycles. The molecule has 118 valence electrons. The lowest BCUT2D eigenvalue weighted by Crippen LogP contribution is -2.36. The number of carbonyl (C=O) groups excluding carboxylic acids is 1. The number of nitrogens with zero attached hydrogens (tertiary/aromatic N) is 4. The number of carbonyl (C=O) groups is 1. The summed E-state index contributed by atoms with van der Waals surface area (Å²) in [5.74, 6) is 0.673. The Bertz CT molecular complexity index is 601. The molecule has 0 spiro atoms. The van der Waals surface area contributed by atoms with Gasteiger partial charge in [0.05, 0.1) is 19.1 Å². The van der Waals surface area contributed by atoms with Crippen LogP contribution in [0.3, 0.4) is 0 Å². The molecule has 0 unspecified atom stereocenters. The minimum Gasteiger partial charge on any atom is -0.330 e. The van der Waals surface area contributed by atoms with E-state index in [1.807, 2.05) is 17.3 Å². The fourth-order valence-electron chi connectivity index (χ4n) is 3.12. The van der Waals surface area contributed by atoms with Gasteiger partial charge in [-0.3, -0.25) is 4.79 Å². The van der Waals surface area contributed by atoms with Gasteiger partial charge in [0, 0.05) is 25.2 Å². The molecular weight excluding hydrogens is 296 g/mol. The number of rotatable bonds is 5. The molecule has 6 heteroatoms. The fourth-order valence-corrected chi connectivity index (χ4v) is 3.75. The van der Waals surface area contributed by atoms with Gasteiger partial charge in [-0.2, -0.15) is 0 Å².